The van der Waals surface area contributed by atoms with E-state index in [0.717, 1.165) is 5.56 Å². The molecule has 0 unspecified atom stereocenters. The first-order valence-electron chi connectivity index (χ1n) is 22.8. The van der Waals surface area contributed by atoms with Gasteiger partial charge in [0, 0.05) is 0 Å². The molecule has 0 atom stereocenters. The summed E-state index contributed by atoms with van der Waals surface area (Å²) in [5, 5.41) is 10.1. The van der Waals surface area contributed by atoms with Crippen molar-refractivity contribution >= 4 is 55.2 Å². The smallest absolute Gasteiger partial charge is 0.00141 e. The molecule has 0 bridgehead atoms. The summed E-state index contributed by atoms with van der Waals surface area (Å²) >= 11 is 0. The van der Waals surface area contributed by atoms with E-state index in [0.29, 0.717) is 0 Å². The van der Waals surface area contributed by atoms with E-state index >= 15 is 0 Å². The lowest BCUT2D eigenvalue weighted by molar-refractivity contribution is 1.60. The molecule has 0 nitrogen and oxygen atoms in total. The zero-order valence-electron chi connectivity index (χ0n) is 36.4. The maximum absolute atomic E-state index is 2.41. The first-order valence-corrected chi connectivity index (χ1v) is 22.8. The molecule has 0 N–H and O–H groups in total. The molecule has 12 aromatic rings. The van der Waals surface area contributed by atoms with E-state index in [1.165, 1.54) is 115 Å². The molecule has 0 aliphatic rings. The standard InChI is InChI=1S/C66H44/c1-5-21-48(22-6-1)62-55-30-15-16-31-56(55)64(50-25-9-3-10-26-50)61-44-52(42-43-59(61)62)53-29-14-13-20-46(53)39-36-45-37-40-47(41-38-45)54-34-19-35-60-63(49-23-7-2-8-24-49)57-32-17-18-33-58(57)65(66(54)60)51-27-11-4-12-28-51/h1-44H. The summed E-state index contributed by atoms with van der Waals surface area (Å²) in [6.45, 7) is 0. The van der Waals surface area contributed by atoms with Crippen molar-refractivity contribution in [2.45, 2.75) is 0 Å². The molecule has 0 aromatic heterocycles. The van der Waals surface area contributed by atoms with Gasteiger partial charge in [-0.25, -0.2) is 0 Å². The van der Waals surface area contributed by atoms with Crippen LogP contribution in [-0.4, -0.2) is 0 Å². The molecular formula is C66H44. The minimum absolute atomic E-state index is 1.15. The summed E-state index contributed by atoms with van der Waals surface area (Å²) < 4.78 is 0. The van der Waals surface area contributed by atoms with Crippen LogP contribution in [0.5, 0.6) is 0 Å². The second-order valence-corrected chi connectivity index (χ2v) is 17.1. The second-order valence-electron chi connectivity index (χ2n) is 17.1. The predicted octanol–water partition coefficient (Wildman–Crippen LogP) is 18.5. The van der Waals surface area contributed by atoms with Crippen molar-refractivity contribution in [2.24, 2.45) is 0 Å². The van der Waals surface area contributed by atoms with Crippen molar-refractivity contribution in [3.8, 4) is 66.8 Å². The van der Waals surface area contributed by atoms with Crippen molar-refractivity contribution in [3.05, 3.63) is 266 Å². The van der Waals surface area contributed by atoms with Crippen molar-refractivity contribution < 1.29 is 0 Å². The summed E-state index contributed by atoms with van der Waals surface area (Å²) in [5.74, 6) is 0. The van der Waals surface area contributed by atoms with Gasteiger partial charge in [-0.15, -0.1) is 0 Å². The van der Waals surface area contributed by atoms with Gasteiger partial charge >= 0.3 is 0 Å². The quantitative estimate of drug-likeness (QED) is 0.106. The molecule has 0 heterocycles. The lowest BCUT2D eigenvalue weighted by atomic mass is 9.83. The lowest BCUT2D eigenvalue weighted by Crippen LogP contribution is -1.93. The fourth-order valence-corrected chi connectivity index (χ4v) is 10.3. The maximum atomic E-state index is 2.41. The SMILES string of the molecule is C(=Cc1ccccc1-c1ccc2c(-c3ccccc3)c3ccccc3c(-c3ccccc3)c2c1)c1ccc(-c2cccc3c(-c4ccccc4)c4ccccc4c(-c4ccccc4)c23)cc1. The van der Waals surface area contributed by atoms with E-state index in [2.05, 4.69) is 267 Å². The molecule has 0 aliphatic carbocycles. The number of hydrogen-bond acceptors (Lipinski definition) is 0. The maximum Gasteiger partial charge on any atom is -0.00141 e. The van der Waals surface area contributed by atoms with E-state index in [4.69, 9.17) is 0 Å². The van der Waals surface area contributed by atoms with E-state index < -0.39 is 0 Å². The van der Waals surface area contributed by atoms with Crippen molar-refractivity contribution in [1.82, 2.24) is 0 Å². The Morgan fingerprint density at radius 1 is 0.212 bits per heavy atom. The van der Waals surface area contributed by atoms with Gasteiger partial charge in [0.2, 0.25) is 0 Å². The Morgan fingerprint density at radius 2 is 0.606 bits per heavy atom. The van der Waals surface area contributed by atoms with Crippen molar-refractivity contribution in [3.63, 3.8) is 0 Å². The summed E-state index contributed by atoms with van der Waals surface area (Å²) in [5.41, 5.74) is 17.1. The zero-order chi connectivity index (χ0) is 43.8. The van der Waals surface area contributed by atoms with Crippen LogP contribution in [0.1, 0.15) is 11.1 Å². The Kier molecular flexibility index (Phi) is 9.97. The molecule has 0 radical (unpaired) electrons. The number of fused-ring (bicyclic) bond motifs is 4. The monoisotopic (exact) mass is 836 g/mol. The van der Waals surface area contributed by atoms with Crippen LogP contribution in [0, 0.1) is 0 Å². The highest BCUT2D eigenvalue weighted by Gasteiger charge is 2.20. The van der Waals surface area contributed by atoms with Gasteiger partial charge in [0.1, 0.15) is 0 Å². The molecule has 0 aliphatic heterocycles. The second kappa shape index (κ2) is 16.8. The van der Waals surface area contributed by atoms with E-state index in [1.54, 1.807) is 0 Å². The third-order valence-corrected chi connectivity index (χ3v) is 13.3. The van der Waals surface area contributed by atoms with Crippen LogP contribution >= 0.6 is 0 Å². The first kappa shape index (κ1) is 39.0. The molecule has 12 rings (SSSR count). The van der Waals surface area contributed by atoms with Crippen LogP contribution in [0.3, 0.4) is 0 Å². The Balaban J connectivity index is 0.964. The fraction of sp³-hybridized carbons (Fsp3) is 0. The normalized spacial score (nSPS) is 11.6. The lowest BCUT2D eigenvalue weighted by Gasteiger charge is -2.20. The first-order chi connectivity index (χ1) is 32.8. The highest BCUT2D eigenvalue weighted by molar-refractivity contribution is 6.25. The molecule has 12 aromatic carbocycles. The minimum Gasteiger partial charge on any atom is -0.0622 e. The molecular weight excluding hydrogens is 793 g/mol. The van der Waals surface area contributed by atoms with Gasteiger partial charge in [0.15, 0.2) is 0 Å². The molecule has 0 saturated heterocycles. The van der Waals surface area contributed by atoms with E-state index in [9.17, 15) is 0 Å². The zero-order valence-corrected chi connectivity index (χ0v) is 36.4. The van der Waals surface area contributed by atoms with Crippen LogP contribution < -0.4 is 0 Å². The third-order valence-electron chi connectivity index (χ3n) is 13.3. The van der Waals surface area contributed by atoms with E-state index in [-0.39, 0.29) is 0 Å². The predicted molar refractivity (Wildman–Crippen MR) is 284 cm³/mol. The van der Waals surface area contributed by atoms with Gasteiger partial charge in [-0.2, -0.15) is 0 Å². The number of rotatable bonds is 8. The van der Waals surface area contributed by atoms with Crippen LogP contribution in [0.25, 0.3) is 122 Å². The summed E-state index contributed by atoms with van der Waals surface area (Å²) in [6, 6.07) is 93.0. The van der Waals surface area contributed by atoms with Crippen LogP contribution in [0.2, 0.25) is 0 Å². The average molecular weight is 837 g/mol. The largest absolute Gasteiger partial charge is 0.0622 e. The van der Waals surface area contributed by atoms with Crippen molar-refractivity contribution in [2.75, 3.05) is 0 Å². The topological polar surface area (TPSA) is 0 Å². The van der Waals surface area contributed by atoms with Gasteiger partial charge in [0.25, 0.3) is 0 Å². The Bertz CT molecular complexity index is 3750. The molecule has 0 fully saturated rings. The highest BCUT2D eigenvalue weighted by atomic mass is 14.2. The summed E-state index contributed by atoms with van der Waals surface area (Å²) in [7, 11) is 0. The van der Waals surface area contributed by atoms with Crippen molar-refractivity contribution in [1.29, 1.82) is 0 Å². The number of hydrogen-bond donors (Lipinski definition) is 0. The Morgan fingerprint density at radius 3 is 1.17 bits per heavy atom. The van der Waals surface area contributed by atoms with Gasteiger partial charge in [0.05, 0.1) is 0 Å². The van der Waals surface area contributed by atoms with Gasteiger partial charge in [-0.1, -0.05) is 261 Å². The van der Waals surface area contributed by atoms with Crippen LogP contribution in [-0.2, 0) is 0 Å². The van der Waals surface area contributed by atoms with E-state index in [1.807, 2.05) is 0 Å². The molecule has 66 heavy (non-hydrogen) atoms. The molecule has 0 heteroatoms. The minimum atomic E-state index is 1.15. The van der Waals surface area contributed by atoms with Gasteiger partial charge < -0.3 is 0 Å². The third kappa shape index (κ3) is 6.88. The molecule has 0 spiro atoms. The summed E-state index contributed by atoms with van der Waals surface area (Å²) in [4.78, 5) is 0. The molecule has 0 amide bonds. The van der Waals surface area contributed by atoms with Gasteiger partial charge in [-0.3, -0.25) is 0 Å². The molecule has 308 valence electrons. The summed E-state index contributed by atoms with van der Waals surface area (Å²) in [6.07, 6.45) is 4.52. The highest BCUT2D eigenvalue weighted by Crippen LogP contribution is 2.48. The average Bonchev–Trinajstić information content (AvgIpc) is 3.39. The van der Waals surface area contributed by atoms with Crippen LogP contribution in [0.4, 0.5) is 0 Å². The molecule has 0 saturated carbocycles. The Labute approximate surface area is 386 Å². The Hall–Kier alpha value is -8.58. The van der Waals surface area contributed by atoms with Gasteiger partial charge in [-0.05, 0) is 127 Å². The number of benzene rings is 12. The van der Waals surface area contributed by atoms with Crippen LogP contribution in [0.15, 0.2) is 255 Å². The fourth-order valence-electron chi connectivity index (χ4n) is 10.3.